The number of rotatable bonds is 6. The van der Waals surface area contributed by atoms with Gasteiger partial charge < -0.3 is 14.2 Å². The van der Waals surface area contributed by atoms with Crippen molar-refractivity contribution in [3.8, 4) is 11.5 Å². The Hall–Kier alpha value is -3.13. The van der Waals surface area contributed by atoms with Crippen molar-refractivity contribution in [2.24, 2.45) is 0 Å². The molecule has 0 unspecified atom stereocenters. The monoisotopic (exact) mass is 407 g/mol. The summed E-state index contributed by atoms with van der Waals surface area (Å²) in [4.78, 5) is 27.7. The Bertz CT molecular complexity index is 980. The van der Waals surface area contributed by atoms with Gasteiger partial charge in [-0.1, -0.05) is 5.16 Å². The van der Waals surface area contributed by atoms with Crippen molar-refractivity contribution in [1.82, 2.24) is 25.0 Å². The Kier molecular flexibility index (Phi) is 5.85. The molecule has 0 aromatic carbocycles. The number of carbonyl (C=O) groups excluding carboxylic acids is 1. The molecule has 0 N–H and O–H groups in total. The van der Waals surface area contributed by atoms with E-state index in [9.17, 15) is 4.79 Å². The van der Waals surface area contributed by atoms with Crippen molar-refractivity contribution < 1.29 is 14.1 Å². The Morgan fingerprint density at radius 1 is 1.20 bits per heavy atom. The average Bonchev–Trinajstić information content (AvgIpc) is 3.30. The molecule has 0 aliphatic carbocycles. The minimum atomic E-state index is -0.285. The largest absolute Gasteiger partial charge is 0.385 e. The summed E-state index contributed by atoms with van der Waals surface area (Å²) >= 11 is 0. The summed E-state index contributed by atoms with van der Waals surface area (Å²) in [5.41, 5.74) is 2.06. The third-order valence-corrected chi connectivity index (χ3v) is 5.78. The standard InChI is InChI=1S/C22H25N5O3/c1-16-3-4-18(15-24-16)20(28)27-12-7-22(8-13-27,9-14-29-2)21-25-19(30-26-21)17-5-10-23-11-6-17/h3-6,10-11,15H,7-9,12-14H2,1-2H3. The number of hydrogen-bond acceptors (Lipinski definition) is 7. The van der Waals surface area contributed by atoms with Crippen molar-refractivity contribution >= 4 is 5.91 Å². The first-order chi connectivity index (χ1) is 14.6. The highest BCUT2D eigenvalue weighted by Crippen LogP contribution is 2.38. The van der Waals surface area contributed by atoms with Crippen LogP contribution in [0.3, 0.4) is 0 Å². The van der Waals surface area contributed by atoms with Gasteiger partial charge >= 0.3 is 0 Å². The molecule has 8 nitrogen and oxygen atoms in total. The first-order valence-electron chi connectivity index (χ1n) is 10.1. The van der Waals surface area contributed by atoms with Crippen LogP contribution in [0.5, 0.6) is 0 Å². The molecule has 3 aromatic heterocycles. The maximum Gasteiger partial charge on any atom is 0.258 e. The summed E-state index contributed by atoms with van der Waals surface area (Å²) in [6, 6.07) is 7.38. The summed E-state index contributed by atoms with van der Waals surface area (Å²) in [7, 11) is 1.69. The summed E-state index contributed by atoms with van der Waals surface area (Å²) in [6.07, 6.45) is 7.30. The lowest BCUT2D eigenvalue weighted by Gasteiger charge is -2.39. The zero-order valence-electron chi connectivity index (χ0n) is 17.2. The topological polar surface area (TPSA) is 94.2 Å². The summed E-state index contributed by atoms with van der Waals surface area (Å²) in [6.45, 7) is 3.74. The number of hydrogen-bond donors (Lipinski definition) is 0. The molecule has 30 heavy (non-hydrogen) atoms. The Balaban J connectivity index is 1.52. The molecule has 1 amide bonds. The second-order valence-electron chi connectivity index (χ2n) is 7.66. The van der Waals surface area contributed by atoms with Crippen LogP contribution in [0.4, 0.5) is 0 Å². The molecule has 0 radical (unpaired) electrons. The van der Waals surface area contributed by atoms with Crippen LogP contribution in [0.1, 0.15) is 41.1 Å². The van der Waals surface area contributed by atoms with E-state index in [0.717, 1.165) is 30.5 Å². The van der Waals surface area contributed by atoms with Crippen molar-refractivity contribution in [3.05, 3.63) is 59.9 Å². The molecule has 0 saturated carbocycles. The highest BCUT2D eigenvalue weighted by Gasteiger charge is 2.41. The highest BCUT2D eigenvalue weighted by atomic mass is 16.5. The van der Waals surface area contributed by atoms with Crippen LogP contribution in [0.2, 0.25) is 0 Å². The lowest BCUT2D eigenvalue weighted by atomic mass is 9.75. The van der Waals surface area contributed by atoms with E-state index in [2.05, 4.69) is 15.1 Å². The fraction of sp³-hybridized carbons (Fsp3) is 0.409. The van der Waals surface area contributed by atoms with Crippen LogP contribution in [-0.4, -0.2) is 57.7 Å². The van der Waals surface area contributed by atoms with Crippen LogP contribution >= 0.6 is 0 Å². The Morgan fingerprint density at radius 2 is 1.97 bits per heavy atom. The molecule has 4 rings (SSSR count). The van der Waals surface area contributed by atoms with E-state index in [1.165, 1.54) is 0 Å². The average molecular weight is 407 g/mol. The van der Waals surface area contributed by atoms with Crippen LogP contribution in [0.25, 0.3) is 11.5 Å². The minimum absolute atomic E-state index is 0.00780. The zero-order chi connectivity index (χ0) is 21.0. The van der Waals surface area contributed by atoms with E-state index in [4.69, 9.17) is 14.2 Å². The second kappa shape index (κ2) is 8.71. The molecule has 156 valence electrons. The maximum atomic E-state index is 12.9. The molecule has 1 aliphatic heterocycles. The number of aryl methyl sites for hydroxylation is 1. The van der Waals surface area contributed by atoms with Gasteiger partial charge in [0, 0.05) is 62.1 Å². The van der Waals surface area contributed by atoms with Crippen LogP contribution in [-0.2, 0) is 10.2 Å². The number of nitrogens with zero attached hydrogens (tertiary/aromatic N) is 5. The third kappa shape index (κ3) is 4.09. The van der Waals surface area contributed by atoms with Gasteiger partial charge in [0.05, 0.1) is 5.56 Å². The SMILES string of the molecule is COCCC1(c2noc(-c3ccncc3)n2)CCN(C(=O)c2ccc(C)nc2)CC1. The van der Waals surface area contributed by atoms with E-state index in [-0.39, 0.29) is 11.3 Å². The fourth-order valence-corrected chi connectivity index (χ4v) is 3.85. The van der Waals surface area contributed by atoms with Crippen molar-refractivity contribution in [2.75, 3.05) is 26.8 Å². The van der Waals surface area contributed by atoms with E-state index >= 15 is 0 Å². The molecule has 8 heteroatoms. The second-order valence-corrected chi connectivity index (χ2v) is 7.66. The van der Waals surface area contributed by atoms with Crippen molar-refractivity contribution in [2.45, 2.75) is 31.6 Å². The number of aromatic nitrogens is 4. The fourth-order valence-electron chi connectivity index (χ4n) is 3.85. The van der Waals surface area contributed by atoms with Gasteiger partial charge in [-0.15, -0.1) is 0 Å². The highest BCUT2D eigenvalue weighted by molar-refractivity contribution is 5.94. The predicted octanol–water partition coefficient (Wildman–Crippen LogP) is 3.05. The maximum absolute atomic E-state index is 12.9. The normalized spacial score (nSPS) is 15.9. The number of methoxy groups -OCH3 is 1. The van der Waals surface area contributed by atoms with Crippen LogP contribution < -0.4 is 0 Å². The van der Waals surface area contributed by atoms with Crippen LogP contribution in [0, 0.1) is 6.92 Å². The molecular weight excluding hydrogens is 382 g/mol. The lowest BCUT2D eigenvalue weighted by Crippen LogP contribution is -2.46. The van der Waals surface area contributed by atoms with Gasteiger partial charge in [0.2, 0.25) is 0 Å². The smallest absolute Gasteiger partial charge is 0.258 e. The first-order valence-corrected chi connectivity index (χ1v) is 10.1. The van der Waals surface area contributed by atoms with Crippen LogP contribution in [0.15, 0.2) is 47.4 Å². The van der Waals surface area contributed by atoms with Gasteiger partial charge in [0.15, 0.2) is 5.82 Å². The molecule has 0 atom stereocenters. The molecule has 1 fully saturated rings. The molecule has 3 aromatic rings. The van der Waals surface area contributed by atoms with Gasteiger partial charge in [-0.25, -0.2) is 0 Å². The van der Waals surface area contributed by atoms with E-state index in [1.807, 2.05) is 36.1 Å². The van der Waals surface area contributed by atoms with Gasteiger partial charge in [0.25, 0.3) is 11.8 Å². The summed E-state index contributed by atoms with van der Waals surface area (Å²) in [5.74, 6) is 1.16. The van der Waals surface area contributed by atoms with E-state index < -0.39 is 0 Å². The van der Waals surface area contributed by atoms with Crippen molar-refractivity contribution in [1.29, 1.82) is 0 Å². The van der Waals surface area contributed by atoms with E-state index in [0.29, 0.717) is 37.0 Å². The van der Waals surface area contributed by atoms with Gasteiger partial charge in [0.1, 0.15) is 0 Å². The predicted molar refractivity (Wildman–Crippen MR) is 110 cm³/mol. The number of ether oxygens (including phenoxy) is 1. The van der Waals surface area contributed by atoms with Gasteiger partial charge in [-0.05, 0) is 50.5 Å². The first kappa shape index (κ1) is 20.2. The van der Waals surface area contributed by atoms with Crippen molar-refractivity contribution in [3.63, 3.8) is 0 Å². The zero-order valence-corrected chi connectivity index (χ0v) is 17.2. The molecule has 1 saturated heterocycles. The quantitative estimate of drug-likeness (QED) is 0.620. The number of likely N-dealkylation sites (tertiary alicyclic amines) is 1. The Labute approximate surface area is 175 Å². The summed E-state index contributed by atoms with van der Waals surface area (Å²) in [5, 5.41) is 4.30. The molecule has 4 heterocycles. The number of pyridine rings is 2. The Morgan fingerprint density at radius 3 is 2.63 bits per heavy atom. The number of carbonyl (C=O) groups is 1. The minimum Gasteiger partial charge on any atom is -0.385 e. The van der Waals surface area contributed by atoms with Gasteiger partial charge in [-0.3, -0.25) is 14.8 Å². The number of amides is 1. The third-order valence-electron chi connectivity index (χ3n) is 5.78. The lowest BCUT2D eigenvalue weighted by molar-refractivity contribution is 0.0616. The molecule has 0 bridgehead atoms. The molecule has 0 spiro atoms. The number of piperidine rings is 1. The molecule has 1 aliphatic rings. The summed E-state index contributed by atoms with van der Waals surface area (Å²) < 4.78 is 10.9. The molecular formula is C22H25N5O3. The van der Waals surface area contributed by atoms with E-state index in [1.54, 1.807) is 25.7 Å². The van der Waals surface area contributed by atoms with Gasteiger partial charge in [-0.2, -0.15) is 4.98 Å².